The van der Waals surface area contributed by atoms with Crippen LogP contribution in [0.5, 0.6) is 17.2 Å². The number of rotatable bonds is 3. The quantitative estimate of drug-likeness (QED) is 0.815. The van der Waals surface area contributed by atoms with Crippen molar-refractivity contribution in [3.05, 3.63) is 17.7 Å². The van der Waals surface area contributed by atoms with E-state index in [1.165, 1.54) is 0 Å². The van der Waals surface area contributed by atoms with Gasteiger partial charge in [-0.15, -0.1) is 0 Å². The van der Waals surface area contributed by atoms with Crippen molar-refractivity contribution in [2.45, 2.75) is 19.4 Å². The second kappa shape index (κ2) is 3.98. The van der Waals surface area contributed by atoms with Crippen LogP contribution in [0, 0.1) is 0 Å². The Morgan fingerprint density at radius 2 is 2.07 bits per heavy atom. The summed E-state index contributed by atoms with van der Waals surface area (Å²) in [5.41, 5.74) is 6.82. The summed E-state index contributed by atoms with van der Waals surface area (Å²) in [4.78, 5) is 0. The molecule has 0 amide bonds. The molecule has 2 rings (SSSR count). The number of hydrogen-bond acceptors (Lipinski definition) is 4. The molecule has 0 unspecified atom stereocenters. The third-order valence-electron chi connectivity index (χ3n) is 2.32. The molecule has 15 heavy (non-hydrogen) atoms. The van der Waals surface area contributed by atoms with E-state index in [0.29, 0.717) is 0 Å². The molecule has 0 aromatic heterocycles. The third-order valence-corrected chi connectivity index (χ3v) is 2.32. The predicted molar refractivity (Wildman–Crippen MR) is 56.5 cm³/mol. The van der Waals surface area contributed by atoms with Gasteiger partial charge in [0.05, 0.1) is 7.11 Å². The number of nitrogens with two attached hydrogens (primary N) is 1. The van der Waals surface area contributed by atoms with Gasteiger partial charge in [-0.2, -0.15) is 0 Å². The van der Waals surface area contributed by atoms with Gasteiger partial charge < -0.3 is 19.9 Å². The molecule has 1 aliphatic heterocycles. The van der Waals surface area contributed by atoms with E-state index >= 15 is 0 Å². The molecule has 0 saturated heterocycles. The molecule has 1 atom stereocenters. The van der Waals surface area contributed by atoms with E-state index in [4.69, 9.17) is 19.9 Å². The molecule has 1 heterocycles. The molecule has 0 fully saturated rings. The third kappa shape index (κ3) is 1.99. The van der Waals surface area contributed by atoms with Crippen LogP contribution in [-0.2, 0) is 6.42 Å². The van der Waals surface area contributed by atoms with Crippen LogP contribution < -0.4 is 19.9 Å². The first-order valence-corrected chi connectivity index (χ1v) is 4.93. The minimum absolute atomic E-state index is 0.0965. The summed E-state index contributed by atoms with van der Waals surface area (Å²) in [7, 11) is 1.64. The van der Waals surface area contributed by atoms with Gasteiger partial charge in [-0.3, -0.25) is 0 Å². The number of methoxy groups -OCH3 is 1. The van der Waals surface area contributed by atoms with E-state index < -0.39 is 0 Å². The Balaban J connectivity index is 2.35. The summed E-state index contributed by atoms with van der Waals surface area (Å²) in [6, 6.07) is 3.88. The normalized spacial score (nSPS) is 15.1. The Kier molecular flexibility index (Phi) is 2.68. The van der Waals surface area contributed by atoms with Crippen LogP contribution in [0.3, 0.4) is 0 Å². The van der Waals surface area contributed by atoms with E-state index in [9.17, 15) is 0 Å². The number of fused-ring (bicyclic) bond motifs is 1. The van der Waals surface area contributed by atoms with Crippen LogP contribution in [0.4, 0.5) is 0 Å². The summed E-state index contributed by atoms with van der Waals surface area (Å²) in [6.07, 6.45) is 0.764. The Morgan fingerprint density at radius 3 is 2.67 bits per heavy atom. The first kappa shape index (κ1) is 10.1. The van der Waals surface area contributed by atoms with Gasteiger partial charge in [0.2, 0.25) is 6.79 Å². The fraction of sp³-hybridized carbons (Fsp3) is 0.455. The van der Waals surface area contributed by atoms with E-state index in [1.807, 2.05) is 19.1 Å². The van der Waals surface area contributed by atoms with Crippen molar-refractivity contribution in [3.8, 4) is 17.2 Å². The number of ether oxygens (including phenoxy) is 3. The lowest BCUT2D eigenvalue weighted by Crippen LogP contribution is -2.18. The molecule has 1 aromatic rings. The fourth-order valence-corrected chi connectivity index (χ4v) is 1.66. The monoisotopic (exact) mass is 209 g/mol. The second-order valence-electron chi connectivity index (χ2n) is 3.70. The summed E-state index contributed by atoms with van der Waals surface area (Å²) < 4.78 is 15.8. The van der Waals surface area contributed by atoms with Crippen molar-refractivity contribution >= 4 is 0 Å². The van der Waals surface area contributed by atoms with Crippen LogP contribution >= 0.6 is 0 Å². The lowest BCUT2D eigenvalue weighted by atomic mass is 10.1. The molecule has 0 bridgehead atoms. The molecule has 4 heteroatoms. The van der Waals surface area contributed by atoms with Crippen molar-refractivity contribution < 1.29 is 14.2 Å². The van der Waals surface area contributed by atoms with E-state index in [1.54, 1.807) is 7.11 Å². The van der Waals surface area contributed by atoms with Crippen LogP contribution in [0.1, 0.15) is 12.5 Å². The molecule has 0 saturated carbocycles. The topological polar surface area (TPSA) is 53.7 Å². The molecular weight excluding hydrogens is 194 g/mol. The van der Waals surface area contributed by atoms with Gasteiger partial charge in [-0.1, -0.05) is 0 Å². The average Bonchev–Trinajstić information content (AvgIpc) is 2.62. The lowest BCUT2D eigenvalue weighted by molar-refractivity contribution is 0.174. The van der Waals surface area contributed by atoms with E-state index in [-0.39, 0.29) is 12.8 Å². The van der Waals surface area contributed by atoms with Crippen molar-refractivity contribution in [2.75, 3.05) is 13.9 Å². The van der Waals surface area contributed by atoms with Gasteiger partial charge in [-0.05, 0) is 25.0 Å². The smallest absolute Gasteiger partial charge is 0.231 e. The van der Waals surface area contributed by atoms with Gasteiger partial charge in [0.15, 0.2) is 11.5 Å². The molecule has 0 radical (unpaired) electrons. The first-order chi connectivity index (χ1) is 7.20. The van der Waals surface area contributed by atoms with Gasteiger partial charge in [0, 0.05) is 12.1 Å². The zero-order valence-corrected chi connectivity index (χ0v) is 8.95. The first-order valence-electron chi connectivity index (χ1n) is 4.93. The summed E-state index contributed by atoms with van der Waals surface area (Å²) in [5, 5.41) is 0. The van der Waals surface area contributed by atoms with Crippen molar-refractivity contribution in [1.82, 2.24) is 0 Å². The predicted octanol–water partition coefficient (Wildman–Crippen LogP) is 1.31. The second-order valence-corrected chi connectivity index (χ2v) is 3.70. The molecule has 1 aliphatic rings. The Morgan fingerprint density at radius 1 is 1.40 bits per heavy atom. The van der Waals surface area contributed by atoms with Gasteiger partial charge in [0.25, 0.3) is 0 Å². The maximum Gasteiger partial charge on any atom is 0.231 e. The Labute approximate surface area is 88.9 Å². The summed E-state index contributed by atoms with van der Waals surface area (Å²) >= 11 is 0. The molecule has 4 nitrogen and oxygen atoms in total. The molecule has 0 aliphatic carbocycles. The van der Waals surface area contributed by atoms with Crippen LogP contribution in [-0.4, -0.2) is 19.9 Å². The number of hydrogen-bond donors (Lipinski definition) is 1. The maximum atomic E-state index is 5.77. The molecule has 0 spiro atoms. The highest BCUT2D eigenvalue weighted by molar-refractivity contribution is 5.52. The molecule has 2 N–H and O–H groups in total. The Hall–Kier alpha value is -1.42. The van der Waals surface area contributed by atoms with Crippen molar-refractivity contribution in [2.24, 2.45) is 5.73 Å². The minimum Gasteiger partial charge on any atom is -0.496 e. The zero-order chi connectivity index (χ0) is 10.8. The van der Waals surface area contributed by atoms with Crippen LogP contribution in [0.25, 0.3) is 0 Å². The Bertz CT molecular complexity index is 363. The SMILES string of the molecule is COc1cc2c(cc1C[C@@H](C)N)OCO2. The van der Waals surface area contributed by atoms with Gasteiger partial charge in [-0.25, -0.2) is 0 Å². The zero-order valence-electron chi connectivity index (χ0n) is 8.95. The van der Waals surface area contributed by atoms with Gasteiger partial charge >= 0.3 is 0 Å². The van der Waals surface area contributed by atoms with Crippen molar-refractivity contribution in [1.29, 1.82) is 0 Å². The highest BCUT2D eigenvalue weighted by Crippen LogP contribution is 2.38. The van der Waals surface area contributed by atoms with E-state index in [0.717, 1.165) is 29.2 Å². The summed E-state index contributed by atoms with van der Waals surface area (Å²) in [6.45, 7) is 2.24. The molecule has 1 aromatic carbocycles. The number of benzene rings is 1. The maximum absolute atomic E-state index is 5.77. The highest BCUT2D eigenvalue weighted by atomic mass is 16.7. The minimum atomic E-state index is 0.0965. The largest absolute Gasteiger partial charge is 0.496 e. The van der Waals surface area contributed by atoms with Crippen LogP contribution in [0.2, 0.25) is 0 Å². The van der Waals surface area contributed by atoms with E-state index in [2.05, 4.69) is 0 Å². The fourth-order valence-electron chi connectivity index (χ4n) is 1.66. The summed E-state index contributed by atoms with van der Waals surface area (Å²) in [5.74, 6) is 2.31. The van der Waals surface area contributed by atoms with Crippen LogP contribution in [0.15, 0.2) is 12.1 Å². The van der Waals surface area contributed by atoms with Gasteiger partial charge in [0.1, 0.15) is 5.75 Å². The molecular formula is C11H15NO3. The lowest BCUT2D eigenvalue weighted by Gasteiger charge is -2.11. The standard InChI is InChI=1S/C11H15NO3/c1-7(12)3-8-4-10-11(15-6-14-10)5-9(8)13-2/h4-5,7H,3,6,12H2,1-2H3/t7-/m1/s1. The highest BCUT2D eigenvalue weighted by Gasteiger charge is 2.18. The average molecular weight is 209 g/mol. The van der Waals surface area contributed by atoms with Crippen molar-refractivity contribution in [3.63, 3.8) is 0 Å². The molecule has 82 valence electrons.